The van der Waals surface area contributed by atoms with Crippen molar-refractivity contribution in [2.24, 2.45) is 0 Å². The highest BCUT2D eigenvalue weighted by atomic mass is 14.0. The minimum atomic E-state index is 1.24. The Kier molecular flexibility index (Phi) is 2.99. The van der Waals surface area contributed by atoms with Gasteiger partial charge in [-0.1, -0.05) is 60.7 Å². The van der Waals surface area contributed by atoms with Crippen LogP contribution in [0, 0.1) is 0 Å². The highest BCUT2D eigenvalue weighted by molar-refractivity contribution is 5.84. The predicted molar refractivity (Wildman–Crippen MR) is 67.8 cm³/mol. The summed E-state index contributed by atoms with van der Waals surface area (Å²) >= 11 is 0. The second-order valence-corrected chi connectivity index (χ2v) is 3.49. The first-order chi connectivity index (χ1) is 7.40. The summed E-state index contributed by atoms with van der Waals surface area (Å²) in [5.74, 6) is 0. The molecule has 0 nitrogen and oxygen atoms in total. The number of hydrogen-bond donors (Lipinski definition) is 0. The largest absolute Gasteiger partial charge is 0.0877 e. The van der Waals surface area contributed by atoms with Crippen LogP contribution < -0.4 is 0 Å². The van der Waals surface area contributed by atoms with Crippen LogP contribution >= 0.6 is 0 Å². The predicted octanol–water partition coefficient (Wildman–Crippen LogP) is 4.43. The monoisotopic (exact) mass is 194 g/mol. The molecule has 2 rings (SSSR count). The SMILES string of the molecule is C/C=C\C=C/c1ccc2ccccc2c1. The van der Waals surface area contributed by atoms with Crippen LogP contribution in [0.3, 0.4) is 0 Å². The van der Waals surface area contributed by atoms with E-state index < -0.39 is 0 Å². The molecule has 0 saturated heterocycles. The molecule has 0 saturated carbocycles. The van der Waals surface area contributed by atoms with Crippen LogP contribution in [0.25, 0.3) is 16.8 Å². The van der Waals surface area contributed by atoms with E-state index in [2.05, 4.69) is 54.6 Å². The Morgan fingerprint density at radius 1 is 0.867 bits per heavy atom. The molecule has 0 atom stereocenters. The molecular weight excluding hydrogens is 180 g/mol. The van der Waals surface area contributed by atoms with E-state index in [-0.39, 0.29) is 0 Å². The minimum Gasteiger partial charge on any atom is -0.0877 e. The van der Waals surface area contributed by atoms with Gasteiger partial charge >= 0.3 is 0 Å². The van der Waals surface area contributed by atoms with Gasteiger partial charge in [0.1, 0.15) is 0 Å². The third-order valence-electron chi connectivity index (χ3n) is 2.37. The van der Waals surface area contributed by atoms with Gasteiger partial charge in [0.05, 0.1) is 0 Å². The fraction of sp³-hybridized carbons (Fsp3) is 0.0667. The van der Waals surface area contributed by atoms with Crippen LogP contribution in [0.15, 0.2) is 60.7 Å². The van der Waals surface area contributed by atoms with E-state index in [1.165, 1.54) is 16.3 Å². The van der Waals surface area contributed by atoms with Crippen molar-refractivity contribution >= 4 is 16.8 Å². The Labute approximate surface area is 90.6 Å². The van der Waals surface area contributed by atoms with Gasteiger partial charge in [-0.3, -0.25) is 0 Å². The Bertz CT molecular complexity index is 504. The summed E-state index contributed by atoms with van der Waals surface area (Å²) in [6.45, 7) is 2.02. The highest BCUT2D eigenvalue weighted by Gasteiger charge is 1.91. The van der Waals surface area contributed by atoms with Crippen molar-refractivity contribution in [3.05, 3.63) is 66.3 Å². The average molecular weight is 194 g/mol. The average Bonchev–Trinajstić information content (AvgIpc) is 2.29. The summed E-state index contributed by atoms with van der Waals surface area (Å²) in [4.78, 5) is 0. The molecule has 0 aliphatic rings. The van der Waals surface area contributed by atoms with Crippen molar-refractivity contribution in [3.63, 3.8) is 0 Å². The fourth-order valence-electron chi connectivity index (χ4n) is 1.59. The van der Waals surface area contributed by atoms with Gasteiger partial charge in [-0.15, -0.1) is 0 Å². The third kappa shape index (κ3) is 2.35. The fourth-order valence-corrected chi connectivity index (χ4v) is 1.59. The van der Waals surface area contributed by atoms with Crippen molar-refractivity contribution in [2.45, 2.75) is 6.92 Å². The lowest BCUT2D eigenvalue weighted by Crippen LogP contribution is -1.74. The van der Waals surface area contributed by atoms with E-state index in [0.29, 0.717) is 0 Å². The molecule has 0 radical (unpaired) electrons. The maximum atomic E-state index is 2.20. The van der Waals surface area contributed by atoms with Crippen molar-refractivity contribution in [1.29, 1.82) is 0 Å². The van der Waals surface area contributed by atoms with E-state index in [1.807, 2.05) is 19.1 Å². The lowest BCUT2D eigenvalue weighted by Gasteiger charge is -1.98. The molecule has 0 bridgehead atoms. The summed E-state index contributed by atoms with van der Waals surface area (Å²) in [6, 6.07) is 14.9. The minimum absolute atomic E-state index is 1.24. The van der Waals surface area contributed by atoms with Gasteiger partial charge in [-0.25, -0.2) is 0 Å². The number of benzene rings is 2. The van der Waals surface area contributed by atoms with Crippen LogP contribution in [0.1, 0.15) is 12.5 Å². The first-order valence-electron chi connectivity index (χ1n) is 5.18. The molecule has 0 aromatic heterocycles. The number of fused-ring (bicyclic) bond motifs is 1. The Morgan fingerprint density at radius 3 is 2.47 bits per heavy atom. The summed E-state index contributed by atoms with van der Waals surface area (Å²) in [5, 5.41) is 2.58. The highest BCUT2D eigenvalue weighted by Crippen LogP contribution is 2.16. The van der Waals surface area contributed by atoms with Crippen molar-refractivity contribution in [2.75, 3.05) is 0 Å². The van der Waals surface area contributed by atoms with Crippen LogP contribution in [0.4, 0.5) is 0 Å². The zero-order chi connectivity index (χ0) is 10.5. The molecule has 0 heteroatoms. The third-order valence-corrected chi connectivity index (χ3v) is 2.37. The van der Waals surface area contributed by atoms with E-state index in [4.69, 9.17) is 0 Å². The number of allylic oxidation sites excluding steroid dienone is 3. The molecule has 74 valence electrons. The molecule has 2 aromatic carbocycles. The lowest BCUT2D eigenvalue weighted by molar-refractivity contribution is 1.70. The second-order valence-electron chi connectivity index (χ2n) is 3.49. The van der Waals surface area contributed by atoms with Crippen LogP contribution in [-0.2, 0) is 0 Å². The molecule has 0 aliphatic heterocycles. The lowest BCUT2D eigenvalue weighted by atomic mass is 10.1. The number of hydrogen-bond acceptors (Lipinski definition) is 0. The first-order valence-corrected chi connectivity index (χ1v) is 5.18. The Morgan fingerprint density at radius 2 is 1.67 bits per heavy atom. The quantitative estimate of drug-likeness (QED) is 0.620. The molecule has 2 aromatic rings. The van der Waals surface area contributed by atoms with E-state index >= 15 is 0 Å². The van der Waals surface area contributed by atoms with Gasteiger partial charge in [0.25, 0.3) is 0 Å². The molecule has 0 aliphatic carbocycles. The molecule has 0 heterocycles. The van der Waals surface area contributed by atoms with Crippen LogP contribution in [0.5, 0.6) is 0 Å². The molecule has 0 amide bonds. The van der Waals surface area contributed by atoms with E-state index in [1.54, 1.807) is 0 Å². The van der Waals surface area contributed by atoms with E-state index in [0.717, 1.165) is 0 Å². The van der Waals surface area contributed by atoms with Crippen LogP contribution in [0.2, 0.25) is 0 Å². The Balaban J connectivity index is 2.38. The van der Waals surface area contributed by atoms with Gasteiger partial charge < -0.3 is 0 Å². The molecule has 15 heavy (non-hydrogen) atoms. The molecule has 0 fully saturated rings. The Hall–Kier alpha value is -1.82. The molecule has 0 N–H and O–H groups in total. The van der Waals surface area contributed by atoms with Gasteiger partial charge in [0, 0.05) is 0 Å². The first kappa shape index (κ1) is 9.72. The zero-order valence-electron chi connectivity index (χ0n) is 8.85. The van der Waals surface area contributed by atoms with Crippen LogP contribution in [-0.4, -0.2) is 0 Å². The standard InChI is InChI=1S/C15H14/c1-2-3-4-7-13-10-11-14-8-5-6-9-15(14)12-13/h2-12H,1H3/b3-2-,7-4-. The van der Waals surface area contributed by atoms with Gasteiger partial charge in [0.2, 0.25) is 0 Å². The maximum Gasteiger partial charge on any atom is -0.0178 e. The smallest absolute Gasteiger partial charge is 0.0178 e. The summed E-state index contributed by atoms with van der Waals surface area (Å²) < 4.78 is 0. The zero-order valence-corrected chi connectivity index (χ0v) is 8.85. The molecule has 0 unspecified atom stereocenters. The summed E-state index contributed by atoms with van der Waals surface area (Å²) in [5.41, 5.74) is 1.24. The maximum absolute atomic E-state index is 2.20. The van der Waals surface area contributed by atoms with Gasteiger partial charge in [-0.05, 0) is 29.3 Å². The molecule has 0 spiro atoms. The second kappa shape index (κ2) is 4.61. The number of rotatable bonds is 2. The van der Waals surface area contributed by atoms with Gasteiger partial charge in [0.15, 0.2) is 0 Å². The van der Waals surface area contributed by atoms with Gasteiger partial charge in [-0.2, -0.15) is 0 Å². The summed E-state index contributed by atoms with van der Waals surface area (Å²) in [7, 11) is 0. The van der Waals surface area contributed by atoms with Crippen molar-refractivity contribution in [1.82, 2.24) is 0 Å². The van der Waals surface area contributed by atoms with Crippen molar-refractivity contribution < 1.29 is 0 Å². The topological polar surface area (TPSA) is 0 Å². The van der Waals surface area contributed by atoms with Crippen molar-refractivity contribution in [3.8, 4) is 0 Å². The van der Waals surface area contributed by atoms with E-state index in [9.17, 15) is 0 Å². The molecular formula is C15H14. The summed E-state index contributed by atoms with van der Waals surface area (Å²) in [6.07, 6.45) is 8.24. The normalized spacial score (nSPS) is 11.8.